The minimum Gasteiger partial charge on any atom is -0.502 e. The van der Waals surface area contributed by atoms with E-state index in [4.69, 9.17) is 4.74 Å². The van der Waals surface area contributed by atoms with Crippen LogP contribution in [-0.2, 0) is 16.1 Å². The van der Waals surface area contributed by atoms with Gasteiger partial charge in [0, 0.05) is 11.6 Å². The number of allylic oxidation sites excluding steroid dienone is 1. The van der Waals surface area contributed by atoms with Gasteiger partial charge in [-0.2, -0.15) is 0 Å². The number of aliphatic hydroxyl groups is 1. The highest BCUT2D eigenvalue weighted by atomic mass is 19.1. The Morgan fingerprint density at radius 1 is 1.08 bits per heavy atom. The van der Waals surface area contributed by atoms with Gasteiger partial charge in [0.25, 0.3) is 0 Å². The molecule has 0 bridgehead atoms. The quantitative estimate of drug-likeness (QED) is 0.352. The average Bonchev–Trinajstić information content (AvgIpc) is 2.62. The fourth-order valence-electron chi connectivity index (χ4n) is 2.01. The lowest BCUT2D eigenvalue weighted by molar-refractivity contribution is -0.141. The van der Waals surface area contributed by atoms with E-state index in [0.717, 1.165) is 18.2 Å². The number of carbonyl (C=O) groups excluding carboxylic acids is 2. The van der Waals surface area contributed by atoms with E-state index >= 15 is 0 Å². The van der Waals surface area contributed by atoms with Crippen LogP contribution >= 0.6 is 0 Å². The molecule has 0 heterocycles. The topological polar surface area (TPSA) is 72.8 Å². The van der Waals surface area contributed by atoms with Crippen LogP contribution in [0, 0.1) is 11.6 Å². The molecule has 0 radical (unpaired) electrons. The van der Waals surface area contributed by atoms with Gasteiger partial charge in [-0.15, -0.1) is 0 Å². The fourth-order valence-corrected chi connectivity index (χ4v) is 2.01. The second-order valence-electron chi connectivity index (χ2n) is 5.13. The minimum absolute atomic E-state index is 0.0690. The van der Waals surface area contributed by atoms with E-state index in [1.54, 1.807) is 6.92 Å². The smallest absolute Gasteiger partial charge is 0.373 e. The summed E-state index contributed by atoms with van der Waals surface area (Å²) < 4.78 is 36.9. The number of rotatable bonds is 7. The van der Waals surface area contributed by atoms with Crippen molar-refractivity contribution in [3.05, 3.63) is 77.1 Å². The number of hydrogen-bond donors (Lipinski definition) is 1. The molecule has 0 aliphatic carbocycles. The zero-order chi connectivity index (χ0) is 19.1. The van der Waals surface area contributed by atoms with E-state index < -0.39 is 29.1 Å². The summed E-state index contributed by atoms with van der Waals surface area (Å²) in [7, 11) is 0. The fraction of sp³-hybridized carbons (Fsp3) is 0.158. The van der Waals surface area contributed by atoms with Crippen LogP contribution in [0.5, 0.6) is 5.75 Å². The molecular formula is C19H16F2O5. The zero-order valence-electron chi connectivity index (χ0n) is 13.9. The molecule has 0 atom stereocenters. The average molecular weight is 362 g/mol. The molecule has 0 fully saturated rings. The maximum absolute atomic E-state index is 13.5. The van der Waals surface area contributed by atoms with Crippen molar-refractivity contribution in [2.24, 2.45) is 0 Å². The van der Waals surface area contributed by atoms with Crippen molar-refractivity contribution < 1.29 is 33.0 Å². The number of esters is 1. The number of carbonyl (C=O) groups is 2. The highest BCUT2D eigenvalue weighted by Crippen LogP contribution is 2.18. The molecule has 0 spiro atoms. The van der Waals surface area contributed by atoms with E-state index in [-0.39, 0.29) is 24.3 Å². The van der Waals surface area contributed by atoms with Crippen molar-refractivity contribution in [3.8, 4) is 5.75 Å². The van der Waals surface area contributed by atoms with Crippen LogP contribution in [0.2, 0.25) is 0 Å². The number of benzene rings is 2. The minimum atomic E-state index is -0.993. The van der Waals surface area contributed by atoms with Crippen molar-refractivity contribution in [2.45, 2.75) is 13.5 Å². The SMILES string of the molecule is CCOC(=O)/C(O)=C/C(=O)c1ccc(OCc2c(F)cccc2F)cc1. The van der Waals surface area contributed by atoms with Gasteiger partial charge in [-0.05, 0) is 43.3 Å². The van der Waals surface area contributed by atoms with Gasteiger partial charge in [-0.3, -0.25) is 4.79 Å². The third-order valence-electron chi connectivity index (χ3n) is 3.34. The third-order valence-corrected chi connectivity index (χ3v) is 3.34. The molecule has 7 heteroatoms. The Morgan fingerprint density at radius 3 is 2.27 bits per heavy atom. The summed E-state index contributed by atoms with van der Waals surface area (Å²) >= 11 is 0. The number of hydrogen-bond acceptors (Lipinski definition) is 5. The lowest BCUT2D eigenvalue weighted by Gasteiger charge is -2.08. The predicted octanol–water partition coefficient (Wildman–Crippen LogP) is 3.73. The lowest BCUT2D eigenvalue weighted by Crippen LogP contribution is -2.09. The second-order valence-corrected chi connectivity index (χ2v) is 5.13. The summed E-state index contributed by atoms with van der Waals surface area (Å²) in [6.45, 7) is 1.33. The zero-order valence-corrected chi connectivity index (χ0v) is 13.9. The molecule has 2 rings (SSSR count). The Labute approximate surface area is 148 Å². The normalized spacial score (nSPS) is 11.1. The highest BCUT2D eigenvalue weighted by molar-refractivity contribution is 6.07. The molecule has 0 aromatic heterocycles. The molecule has 0 saturated carbocycles. The molecule has 2 aromatic rings. The van der Waals surface area contributed by atoms with Crippen molar-refractivity contribution in [1.29, 1.82) is 0 Å². The summed E-state index contributed by atoms with van der Waals surface area (Å²) in [4.78, 5) is 23.2. The maximum atomic E-state index is 13.5. The van der Waals surface area contributed by atoms with E-state index in [9.17, 15) is 23.5 Å². The lowest BCUT2D eigenvalue weighted by atomic mass is 10.1. The predicted molar refractivity (Wildman–Crippen MR) is 88.8 cm³/mol. The van der Waals surface area contributed by atoms with Crippen LogP contribution in [0.1, 0.15) is 22.8 Å². The molecular weight excluding hydrogens is 346 g/mol. The first-order valence-electron chi connectivity index (χ1n) is 7.70. The molecule has 0 amide bonds. The maximum Gasteiger partial charge on any atom is 0.373 e. The van der Waals surface area contributed by atoms with Crippen LogP contribution in [-0.4, -0.2) is 23.5 Å². The van der Waals surface area contributed by atoms with E-state index in [1.165, 1.54) is 30.3 Å². The Morgan fingerprint density at radius 2 is 1.69 bits per heavy atom. The number of aliphatic hydroxyl groups excluding tert-OH is 1. The summed E-state index contributed by atoms with van der Waals surface area (Å²) in [5.74, 6) is -3.53. The van der Waals surface area contributed by atoms with E-state index in [2.05, 4.69) is 4.74 Å². The van der Waals surface area contributed by atoms with Gasteiger partial charge in [0.2, 0.25) is 5.76 Å². The van der Waals surface area contributed by atoms with E-state index in [1.807, 2.05) is 0 Å². The first-order chi connectivity index (χ1) is 12.4. The van der Waals surface area contributed by atoms with Gasteiger partial charge in [-0.25, -0.2) is 13.6 Å². The summed E-state index contributed by atoms with van der Waals surface area (Å²) in [5, 5.41) is 9.47. The van der Waals surface area contributed by atoms with E-state index in [0.29, 0.717) is 5.75 Å². The van der Waals surface area contributed by atoms with Crippen LogP contribution in [0.3, 0.4) is 0 Å². The van der Waals surface area contributed by atoms with Crippen LogP contribution in [0.15, 0.2) is 54.3 Å². The second kappa shape index (κ2) is 8.75. The van der Waals surface area contributed by atoms with Crippen LogP contribution in [0.4, 0.5) is 8.78 Å². The Bertz CT molecular complexity index is 808. The first kappa shape index (κ1) is 19.1. The first-order valence-corrected chi connectivity index (χ1v) is 7.70. The highest BCUT2D eigenvalue weighted by Gasteiger charge is 2.13. The summed E-state index contributed by atoms with van der Waals surface area (Å²) in [6, 6.07) is 9.17. The molecule has 0 unspecified atom stereocenters. The standard InChI is InChI=1S/C19H16F2O5/c1-2-25-19(24)18(23)10-17(22)12-6-8-13(9-7-12)26-11-14-15(20)4-3-5-16(14)21/h3-10,23H,2,11H2,1H3/b18-10-. The summed E-state index contributed by atoms with van der Waals surface area (Å²) in [5.41, 5.74) is -0.0137. The van der Waals surface area contributed by atoms with Gasteiger partial charge in [0.15, 0.2) is 5.78 Å². The van der Waals surface area contributed by atoms with Crippen molar-refractivity contribution in [2.75, 3.05) is 6.61 Å². The molecule has 0 aliphatic rings. The van der Waals surface area contributed by atoms with Crippen LogP contribution < -0.4 is 4.74 Å². The van der Waals surface area contributed by atoms with Crippen molar-refractivity contribution in [1.82, 2.24) is 0 Å². The molecule has 26 heavy (non-hydrogen) atoms. The molecule has 136 valence electrons. The summed E-state index contributed by atoms with van der Waals surface area (Å²) in [6.07, 6.45) is 0.753. The third kappa shape index (κ3) is 4.89. The molecule has 1 N–H and O–H groups in total. The number of ketones is 1. The Hall–Kier alpha value is -3.22. The van der Waals surface area contributed by atoms with Gasteiger partial charge in [0.05, 0.1) is 12.2 Å². The van der Waals surface area contributed by atoms with Gasteiger partial charge >= 0.3 is 5.97 Å². The number of ether oxygens (including phenoxy) is 2. The number of halogens is 2. The van der Waals surface area contributed by atoms with Crippen molar-refractivity contribution in [3.63, 3.8) is 0 Å². The van der Waals surface area contributed by atoms with Crippen molar-refractivity contribution >= 4 is 11.8 Å². The Kier molecular flexibility index (Phi) is 6.43. The van der Waals surface area contributed by atoms with Crippen LogP contribution in [0.25, 0.3) is 0 Å². The van der Waals surface area contributed by atoms with Gasteiger partial charge < -0.3 is 14.6 Å². The van der Waals surface area contributed by atoms with Gasteiger partial charge in [-0.1, -0.05) is 6.07 Å². The molecule has 0 saturated heterocycles. The molecule has 0 aliphatic heterocycles. The van der Waals surface area contributed by atoms with Gasteiger partial charge in [0.1, 0.15) is 24.0 Å². The molecule has 5 nitrogen and oxygen atoms in total. The monoisotopic (exact) mass is 362 g/mol. The Balaban J connectivity index is 2.03. The molecule has 2 aromatic carbocycles. The largest absolute Gasteiger partial charge is 0.502 e.